The van der Waals surface area contributed by atoms with Crippen molar-refractivity contribution in [3.63, 3.8) is 0 Å². The Balaban J connectivity index is 2.04. The molecule has 0 amide bonds. The van der Waals surface area contributed by atoms with E-state index in [2.05, 4.69) is 4.13 Å². The molecule has 2 N–H and O–H groups in total. The third-order valence-corrected chi connectivity index (χ3v) is 6.51. The van der Waals surface area contributed by atoms with Crippen molar-refractivity contribution in [3.8, 4) is 0 Å². The molecule has 0 aliphatic rings. The van der Waals surface area contributed by atoms with Crippen LogP contribution in [0.3, 0.4) is 0 Å². The van der Waals surface area contributed by atoms with Gasteiger partial charge in [-0.2, -0.15) is 0 Å². The maximum absolute atomic E-state index is 12.0. The van der Waals surface area contributed by atoms with Gasteiger partial charge in [-0.05, 0) is 35.1 Å². The summed E-state index contributed by atoms with van der Waals surface area (Å²) in [7, 11) is -1.72. The molecule has 0 aliphatic carbocycles. The maximum atomic E-state index is 12.0. The van der Waals surface area contributed by atoms with Crippen molar-refractivity contribution in [1.29, 1.82) is 0 Å². The van der Waals surface area contributed by atoms with Gasteiger partial charge in [0, 0.05) is 15.9 Å². The Morgan fingerprint density at radius 3 is 2.29 bits per heavy atom. The molecule has 0 saturated heterocycles. The number of benzene rings is 2. The third kappa shape index (κ3) is 4.24. The molecule has 5 nitrogen and oxygen atoms in total. The number of carboxylic acid groups (broad SMARTS) is 1. The number of carbonyl (C=O) groups is 1. The summed E-state index contributed by atoms with van der Waals surface area (Å²) < 4.78 is 26.3. The van der Waals surface area contributed by atoms with Gasteiger partial charge in [0.15, 0.2) is 0 Å². The van der Waals surface area contributed by atoms with Crippen LogP contribution < -0.4 is 4.13 Å². The van der Waals surface area contributed by atoms with Crippen LogP contribution in [0, 0.1) is 0 Å². The van der Waals surface area contributed by atoms with Crippen molar-refractivity contribution >= 4 is 37.8 Å². The first kappa shape index (κ1) is 15.9. The molecule has 0 spiro atoms. The van der Waals surface area contributed by atoms with Gasteiger partial charge in [-0.3, -0.25) is 0 Å². The number of sulfonamides is 1. The fourth-order valence-corrected chi connectivity index (χ4v) is 5.15. The zero-order chi connectivity index (χ0) is 15.3. The largest absolute Gasteiger partial charge is 0.478 e. The molecule has 2 rings (SSSR count). The maximum Gasteiger partial charge on any atom is 0.336 e. The molecule has 0 fully saturated rings. The number of carboxylic acids is 1. The number of nitrogens with one attached hydrogen (secondary N) is 1. The van der Waals surface area contributed by atoms with E-state index < -0.39 is 16.0 Å². The number of aromatic carboxylic acids is 1. The van der Waals surface area contributed by atoms with Crippen molar-refractivity contribution in [2.45, 2.75) is 9.79 Å². The Morgan fingerprint density at radius 2 is 1.62 bits per heavy atom. The van der Waals surface area contributed by atoms with Gasteiger partial charge >= 0.3 is 5.97 Å². The predicted octanol–water partition coefficient (Wildman–Crippen LogP) is 3.02. The quantitative estimate of drug-likeness (QED) is 0.621. The normalized spacial score (nSPS) is 11.2. The highest BCUT2D eigenvalue weighted by atomic mass is 33.1. The van der Waals surface area contributed by atoms with Crippen LogP contribution in [0.4, 0.5) is 0 Å². The number of hydrogen-bond donors (Lipinski definition) is 2. The van der Waals surface area contributed by atoms with E-state index in [9.17, 15) is 13.2 Å². The second-order valence-corrected chi connectivity index (χ2v) is 7.79. The van der Waals surface area contributed by atoms with E-state index in [-0.39, 0.29) is 10.5 Å². The monoisotopic (exact) mass is 341 g/mol. The van der Waals surface area contributed by atoms with Gasteiger partial charge in [-0.25, -0.2) is 13.2 Å². The zero-order valence-corrected chi connectivity index (χ0v) is 13.0. The van der Waals surface area contributed by atoms with Crippen molar-refractivity contribution < 1.29 is 18.3 Å². The molecule has 0 aromatic heterocycles. The van der Waals surface area contributed by atoms with Gasteiger partial charge in [-0.15, -0.1) is 4.13 Å². The summed E-state index contributed by atoms with van der Waals surface area (Å²) in [5.74, 6) is -1.05. The first-order valence-corrected chi connectivity index (χ1v) is 9.37. The average Bonchev–Trinajstić information content (AvgIpc) is 2.48. The fourth-order valence-electron chi connectivity index (χ4n) is 1.47. The molecule has 0 heterocycles. The van der Waals surface area contributed by atoms with E-state index >= 15 is 0 Å². The molecule has 0 radical (unpaired) electrons. The topological polar surface area (TPSA) is 83.5 Å². The van der Waals surface area contributed by atoms with Gasteiger partial charge in [0.05, 0.1) is 10.5 Å². The van der Waals surface area contributed by atoms with Crippen LogP contribution in [0.2, 0.25) is 0 Å². The molecule has 0 bridgehead atoms. The van der Waals surface area contributed by atoms with Crippen LogP contribution in [0.1, 0.15) is 10.4 Å². The Morgan fingerprint density at radius 1 is 1.00 bits per heavy atom. The van der Waals surface area contributed by atoms with Crippen molar-refractivity contribution in [1.82, 2.24) is 4.13 Å². The first-order chi connectivity index (χ1) is 10.0. The molecule has 110 valence electrons. The zero-order valence-electron chi connectivity index (χ0n) is 10.6. The van der Waals surface area contributed by atoms with E-state index in [0.29, 0.717) is 4.90 Å². The highest BCUT2D eigenvalue weighted by Crippen LogP contribution is 2.32. The van der Waals surface area contributed by atoms with Crippen molar-refractivity contribution in [2.75, 3.05) is 0 Å². The number of hydrogen-bond acceptors (Lipinski definition) is 5. The highest BCUT2D eigenvalue weighted by Gasteiger charge is 2.15. The van der Waals surface area contributed by atoms with Gasteiger partial charge in [0.1, 0.15) is 0 Å². The van der Waals surface area contributed by atoms with E-state index in [1.54, 1.807) is 36.4 Å². The molecule has 8 heteroatoms. The van der Waals surface area contributed by atoms with Gasteiger partial charge < -0.3 is 5.11 Å². The number of rotatable bonds is 6. The van der Waals surface area contributed by atoms with Gasteiger partial charge in [0.2, 0.25) is 10.0 Å². The molecule has 0 aliphatic heterocycles. The molecular formula is C13H11NO4S3. The Bertz CT molecular complexity index is 732. The third-order valence-electron chi connectivity index (χ3n) is 2.45. The summed E-state index contributed by atoms with van der Waals surface area (Å²) in [5, 5.41) is 9.04. The van der Waals surface area contributed by atoms with E-state index in [1.165, 1.54) is 18.2 Å². The summed E-state index contributed by atoms with van der Waals surface area (Å²) in [4.78, 5) is 11.7. The predicted molar refractivity (Wildman–Crippen MR) is 83.6 cm³/mol. The molecule has 0 unspecified atom stereocenters. The SMILES string of the molecule is O=C(O)c1ccccc1SSNS(=O)(=O)c1ccccc1. The summed E-state index contributed by atoms with van der Waals surface area (Å²) in [6, 6.07) is 14.4. The lowest BCUT2D eigenvalue weighted by molar-refractivity contribution is 0.0693. The van der Waals surface area contributed by atoms with E-state index in [1.807, 2.05) is 0 Å². The molecule has 2 aromatic rings. The standard InChI is InChI=1S/C13H11NO4S3/c15-13(16)11-8-4-5-9-12(11)19-20-14-21(17,18)10-6-2-1-3-7-10/h1-9,14H,(H,15,16). The average molecular weight is 341 g/mol. The lowest BCUT2D eigenvalue weighted by Gasteiger charge is -2.06. The lowest BCUT2D eigenvalue weighted by atomic mass is 10.2. The van der Waals surface area contributed by atoms with Crippen LogP contribution in [0.25, 0.3) is 0 Å². The van der Waals surface area contributed by atoms with Crippen LogP contribution in [-0.4, -0.2) is 19.5 Å². The summed E-state index contributed by atoms with van der Waals surface area (Å²) in [6.07, 6.45) is 0. The molecule has 0 saturated carbocycles. The Kier molecular flexibility index (Phi) is 5.29. The Hall–Kier alpha value is -1.48. The molecule has 21 heavy (non-hydrogen) atoms. The van der Waals surface area contributed by atoms with Crippen LogP contribution in [-0.2, 0) is 10.0 Å². The minimum Gasteiger partial charge on any atom is -0.478 e. The summed E-state index contributed by atoms with van der Waals surface area (Å²) >= 11 is 0. The Labute approximate surface area is 130 Å². The smallest absolute Gasteiger partial charge is 0.336 e. The minimum atomic E-state index is -3.62. The van der Waals surface area contributed by atoms with Crippen molar-refractivity contribution in [3.05, 3.63) is 60.2 Å². The van der Waals surface area contributed by atoms with Crippen molar-refractivity contribution in [2.24, 2.45) is 0 Å². The van der Waals surface area contributed by atoms with Gasteiger partial charge in [0.25, 0.3) is 0 Å². The molecule has 2 aromatic carbocycles. The minimum absolute atomic E-state index is 0.133. The van der Waals surface area contributed by atoms with Gasteiger partial charge in [-0.1, -0.05) is 30.3 Å². The second kappa shape index (κ2) is 6.99. The lowest BCUT2D eigenvalue weighted by Crippen LogP contribution is -2.15. The van der Waals surface area contributed by atoms with E-state index in [4.69, 9.17) is 5.11 Å². The van der Waals surface area contributed by atoms with Crippen LogP contribution in [0.15, 0.2) is 64.4 Å². The molecular weight excluding hydrogens is 330 g/mol. The highest BCUT2D eigenvalue weighted by molar-refractivity contribution is 8.77. The second-order valence-electron chi connectivity index (χ2n) is 3.87. The van der Waals surface area contributed by atoms with Crippen LogP contribution >= 0.6 is 21.8 Å². The summed E-state index contributed by atoms with van der Waals surface area (Å²) in [5.41, 5.74) is 0.133. The fraction of sp³-hybridized carbons (Fsp3) is 0. The molecule has 0 atom stereocenters. The van der Waals surface area contributed by atoms with E-state index in [0.717, 1.165) is 21.8 Å². The first-order valence-electron chi connectivity index (χ1n) is 5.73. The summed E-state index contributed by atoms with van der Waals surface area (Å²) in [6.45, 7) is 0. The van der Waals surface area contributed by atoms with Crippen LogP contribution in [0.5, 0.6) is 0 Å².